The van der Waals surface area contributed by atoms with Crippen LogP contribution in [0.5, 0.6) is 0 Å². The van der Waals surface area contributed by atoms with Crippen LogP contribution in [0, 0.1) is 5.92 Å². The van der Waals surface area contributed by atoms with Crippen LogP contribution in [0.3, 0.4) is 0 Å². The van der Waals surface area contributed by atoms with Crippen molar-refractivity contribution >= 4 is 33.5 Å². The van der Waals surface area contributed by atoms with Gasteiger partial charge in [-0.1, -0.05) is 0 Å². The van der Waals surface area contributed by atoms with E-state index in [0.717, 1.165) is 0 Å². The highest BCUT2D eigenvalue weighted by molar-refractivity contribution is 9.10. The summed E-state index contributed by atoms with van der Waals surface area (Å²) in [5.74, 6) is -1.20. The number of aromatic nitrogens is 1. The summed E-state index contributed by atoms with van der Waals surface area (Å²) in [5, 5.41) is 9.09. The van der Waals surface area contributed by atoms with E-state index in [1.165, 1.54) is 11.1 Å². The molecule has 1 aromatic rings. The van der Waals surface area contributed by atoms with Gasteiger partial charge in [-0.05, 0) is 34.5 Å². The second-order valence-corrected chi connectivity index (χ2v) is 5.05. The number of pyridine rings is 1. The molecule has 3 N–H and O–H groups in total. The van der Waals surface area contributed by atoms with E-state index in [1.54, 1.807) is 6.07 Å². The number of nitrogens with two attached hydrogens (primary N) is 1. The van der Waals surface area contributed by atoms with E-state index in [4.69, 9.17) is 10.8 Å². The van der Waals surface area contributed by atoms with Crippen molar-refractivity contribution in [1.29, 1.82) is 0 Å². The number of carbonyl (C=O) groups is 2. The standard InChI is InChI=1S/C11H12BrN3O3/c12-7-2-8(10(11(17)18)14-4-7)15-5-6(3-13)1-9(15)16/h2,4,6H,1,3,5,13H2,(H,17,18). The SMILES string of the molecule is NCC1CC(=O)N(c2cc(Br)cnc2C(=O)O)C1. The van der Waals surface area contributed by atoms with E-state index in [0.29, 0.717) is 29.7 Å². The summed E-state index contributed by atoms with van der Waals surface area (Å²) in [7, 11) is 0. The Morgan fingerprint density at radius 2 is 2.39 bits per heavy atom. The number of carboxylic acid groups (broad SMARTS) is 1. The first kappa shape index (κ1) is 13.0. The Kier molecular flexibility index (Phi) is 3.63. The summed E-state index contributed by atoms with van der Waals surface area (Å²) in [4.78, 5) is 28.3. The normalized spacial score (nSPS) is 19.3. The van der Waals surface area contributed by atoms with Gasteiger partial charge in [0.2, 0.25) is 5.91 Å². The average molecular weight is 314 g/mol. The molecule has 18 heavy (non-hydrogen) atoms. The van der Waals surface area contributed by atoms with E-state index >= 15 is 0 Å². The molecule has 0 radical (unpaired) electrons. The molecule has 1 aromatic heterocycles. The molecule has 1 fully saturated rings. The minimum atomic E-state index is -1.15. The first-order valence-electron chi connectivity index (χ1n) is 5.42. The molecular weight excluding hydrogens is 302 g/mol. The molecule has 1 aliphatic rings. The number of anilines is 1. The molecule has 96 valence electrons. The number of hydrogen-bond donors (Lipinski definition) is 2. The van der Waals surface area contributed by atoms with Crippen LogP contribution in [-0.2, 0) is 4.79 Å². The monoisotopic (exact) mass is 313 g/mol. The number of nitrogens with zero attached hydrogens (tertiary/aromatic N) is 2. The van der Waals surface area contributed by atoms with Crippen molar-refractivity contribution in [3.8, 4) is 0 Å². The fourth-order valence-corrected chi connectivity index (χ4v) is 2.29. The molecule has 2 rings (SSSR count). The topological polar surface area (TPSA) is 96.5 Å². The van der Waals surface area contributed by atoms with Crippen molar-refractivity contribution in [2.45, 2.75) is 6.42 Å². The van der Waals surface area contributed by atoms with Gasteiger partial charge in [0.25, 0.3) is 0 Å². The van der Waals surface area contributed by atoms with Crippen LogP contribution in [0.15, 0.2) is 16.7 Å². The zero-order valence-electron chi connectivity index (χ0n) is 9.47. The lowest BCUT2D eigenvalue weighted by molar-refractivity contribution is -0.117. The predicted molar refractivity (Wildman–Crippen MR) is 68.4 cm³/mol. The van der Waals surface area contributed by atoms with Gasteiger partial charge in [-0.3, -0.25) is 4.79 Å². The first-order valence-corrected chi connectivity index (χ1v) is 6.21. The van der Waals surface area contributed by atoms with Crippen LogP contribution in [0.4, 0.5) is 5.69 Å². The van der Waals surface area contributed by atoms with Crippen molar-refractivity contribution in [2.75, 3.05) is 18.0 Å². The van der Waals surface area contributed by atoms with Crippen LogP contribution in [0.2, 0.25) is 0 Å². The van der Waals surface area contributed by atoms with Crippen molar-refractivity contribution in [3.63, 3.8) is 0 Å². The molecule has 7 heteroatoms. The van der Waals surface area contributed by atoms with Gasteiger partial charge in [0.15, 0.2) is 5.69 Å². The molecule has 0 aromatic carbocycles. The molecule has 1 amide bonds. The van der Waals surface area contributed by atoms with E-state index in [1.807, 2.05) is 0 Å². The van der Waals surface area contributed by atoms with Gasteiger partial charge in [0, 0.05) is 23.6 Å². The number of amides is 1. The second kappa shape index (κ2) is 5.03. The smallest absolute Gasteiger partial charge is 0.356 e. The van der Waals surface area contributed by atoms with Crippen LogP contribution in [0.25, 0.3) is 0 Å². The number of carbonyl (C=O) groups excluding carboxylic acids is 1. The number of halogens is 1. The molecule has 1 atom stereocenters. The highest BCUT2D eigenvalue weighted by atomic mass is 79.9. The Balaban J connectivity index is 2.41. The van der Waals surface area contributed by atoms with E-state index < -0.39 is 5.97 Å². The molecule has 0 spiro atoms. The van der Waals surface area contributed by atoms with Gasteiger partial charge in [0.1, 0.15) is 0 Å². The molecular formula is C11H12BrN3O3. The van der Waals surface area contributed by atoms with Crippen LogP contribution >= 0.6 is 15.9 Å². The van der Waals surface area contributed by atoms with Crippen molar-refractivity contribution < 1.29 is 14.7 Å². The van der Waals surface area contributed by atoms with E-state index in [9.17, 15) is 9.59 Å². The van der Waals surface area contributed by atoms with Gasteiger partial charge >= 0.3 is 5.97 Å². The molecule has 1 saturated heterocycles. The quantitative estimate of drug-likeness (QED) is 0.862. The summed E-state index contributed by atoms with van der Waals surface area (Å²) in [6.07, 6.45) is 1.75. The van der Waals surface area contributed by atoms with Crippen LogP contribution in [0.1, 0.15) is 16.9 Å². The van der Waals surface area contributed by atoms with Crippen molar-refractivity contribution in [2.24, 2.45) is 11.7 Å². The maximum atomic E-state index is 11.9. The number of rotatable bonds is 3. The zero-order valence-corrected chi connectivity index (χ0v) is 11.1. The Labute approximate surface area is 112 Å². The van der Waals surface area contributed by atoms with Gasteiger partial charge in [-0.25, -0.2) is 9.78 Å². The van der Waals surface area contributed by atoms with E-state index in [-0.39, 0.29) is 17.5 Å². The van der Waals surface area contributed by atoms with Crippen LogP contribution in [-0.4, -0.2) is 35.1 Å². The third kappa shape index (κ3) is 2.37. The summed E-state index contributed by atoms with van der Waals surface area (Å²) < 4.78 is 0.631. The Morgan fingerprint density at radius 3 is 2.94 bits per heavy atom. The summed E-state index contributed by atoms with van der Waals surface area (Å²) in [5.41, 5.74) is 5.74. The third-order valence-electron chi connectivity index (χ3n) is 2.87. The maximum absolute atomic E-state index is 11.9. The lowest BCUT2D eigenvalue weighted by Crippen LogP contribution is -2.28. The fourth-order valence-electron chi connectivity index (χ4n) is 1.97. The largest absolute Gasteiger partial charge is 0.476 e. The zero-order chi connectivity index (χ0) is 13.3. The lowest BCUT2D eigenvalue weighted by atomic mass is 10.1. The fraction of sp³-hybridized carbons (Fsp3) is 0.364. The van der Waals surface area contributed by atoms with Gasteiger partial charge in [-0.2, -0.15) is 0 Å². The molecule has 1 aliphatic heterocycles. The third-order valence-corrected chi connectivity index (χ3v) is 3.30. The summed E-state index contributed by atoms with van der Waals surface area (Å²) in [6.45, 7) is 0.847. The highest BCUT2D eigenvalue weighted by Crippen LogP contribution is 2.29. The first-order chi connectivity index (χ1) is 8.52. The molecule has 2 heterocycles. The molecule has 0 saturated carbocycles. The van der Waals surface area contributed by atoms with Crippen LogP contribution < -0.4 is 10.6 Å². The highest BCUT2D eigenvalue weighted by Gasteiger charge is 2.32. The Hall–Kier alpha value is -1.47. The minimum Gasteiger partial charge on any atom is -0.476 e. The number of aromatic carboxylic acids is 1. The maximum Gasteiger partial charge on any atom is 0.356 e. The summed E-state index contributed by atoms with van der Waals surface area (Å²) >= 11 is 3.23. The molecule has 1 unspecified atom stereocenters. The Morgan fingerprint density at radius 1 is 1.67 bits per heavy atom. The Bertz CT molecular complexity index is 506. The number of hydrogen-bond acceptors (Lipinski definition) is 4. The molecule has 0 bridgehead atoms. The average Bonchev–Trinajstić information content (AvgIpc) is 2.70. The lowest BCUT2D eigenvalue weighted by Gasteiger charge is -2.18. The minimum absolute atomic E-state index is 0.0677. The van der Waals surface area contributed by atoms with Crippen molar-refractivity contribution in [3.05, 3.63) is 22.4 Å². The summed E-state index contributed by atoms with van der Waals surface area (Å²) in [6, 6.07) is 1.59. The van der Waals surface area contributed by atoms with Gasteiger partial charge in [-0.15, -0.1) is 0 Å². The van der Waals surface area contributed by atoms with Gasteiger partial charge < -0.3 is 15.7 Å². The predicted octanol–water partition coefficient (Wildman–Crippen LogP) is 0.854. The second-order valence-electron chi connectivity index (χ2n) is 4.14. The molecule has 6 nitrogen and oxygen atoms in total. The number of carboxylic acids is 1. The van der Waals surface area contributed by atoms with Crippen molar-refractivity contribution in [1.82, 2.24) is 4.98 Å². The van der Waals surface area contributed by atoms with E-state index in [2.05, 4.69) is 20.9 Å². The molecule has 0 aliphatic carbocycles. The van der Waals surface area contributed by atoms with Gasteiger partial charge in [0.05, 0.1) is 5.69 Å².